The zero-order valence-electron chi connectivity index (χ0n) is 18.2. The van der Waals surface area contributed by atoms with Crippen LogP contribution in [-0.2, 0) is 19.1 Å². The molecule has 176 valence electrons. The molecule has 2 atom stereocenters. The number of aliphatic carboxylic acids is 2. The number of hydrogen-bond acceptors (Lipinski definition) is 6. The lowest BCUT2D eigenvalue weighted by atomic mass is 9.79. The molecule has 1 saturated heterocycles. The van der Waals surface area contributed by atoms with Gasteiger partial charge in [0, 0.05) is 29.7 Å². The maximum Gasteiger partial charge on any atom is 0.307 e. The summed E-state index contributed by atoms with van der Waals surface area (Å²) in [5, 5.41) is 19.7. The molecule has 0 bridgehead atoms. The van der Waals surface area contributed by atoms with E-state index in [0.717, 1.165) is 50.1 Å². The molecule has 33 heavy (non-hydrogen) atoms. The number of hydrogen-bond donors (Lipinski definition) is 3. The molecule has 2 fully saturated rings. The first-order chi connectivity index (χ1) is 15.8. The molecule has 4 aliphatic rings. The maximum atomic E-state index is 12.3. The van der Waals surface area contributed by atoms with E-state index in [0.29, 0.717) is 29.1 Å². The number of ketones is 2. The van der Waals surface area contributed by atoms with Crippen molar-refractivity contribution in [3.63, 3.8) is 0 Å². The van der Waals surface area contributed by atoms with E-state index in [-0.39, 0.29) is 5.60 Å². The number of rotatable bonds is 2. The van der Waals surface area contributed by atoms with Gasteiger partial charge in [-0.05, 0) is 12.8 Å². The summed E-state index contributed by atoms with van der Waals surface area (Å²) in [5.74, 6) is -2.70. The van der Waals surface area contributed by atoms with E-state index in [4.69, 9.17) is 14.9 Å². The molecular formula is C24H28NO7S+. The predicted molar refractivity (Wildman–Crippen MR) is 121 cm³/mol. The molecule has 0 unspecified atom stereocenters. The molecule has 0 radical (unpaired) electrons. The van der Waals surface area contributed by atoms with Crippen molar-refractivity contribution in [2.45, 2.75) is 44.1 Å². The van der Waals surface area contributed by atoms with Crippen LogP contribution in [0.3, 0.4) is 0 Å². The number of ether oxygens (including phenoxy) is 1. The van der Waals surface area contributed by atoms with Gasteiger partial charge in [0.2, 0.25) is 11.6 Å². The minimum atomic E-state index is -0.970. The molecule has 0 aromatic heterocycles. The monoisotopic (exact) mass is 474 g/mol. The number of allylic oxidation sites excluding steroid dienone is 1. The van der Waals surface area contributed by atoms with Crippen LogP contribution in [0, 0.1) is 11.8 Å². The topological polar surface area (TPSA) is 135 Å². The van der Waals surface area contributed by atoms with E-state index in [1.54, 1.807) is 12.1 Å². The highest BCUT2D eigenvalue weighted by Crippen LogP contribution is 2.46. The van der Waals surface area contributed by atoms with E-state index in [1.807, 2.05) is 12.1 Å². The van der Waals surface area contributed by atoms with Crippen molar-refractivity contribution in [3.05, 3.63) is 40.3 Å². The zero-order chi connectivity index (χ0) is 23.6. The summed E-state index contributed by atoms with van der Waals surface area (Å²) in [4.78, 5) is 46.2. The lowest BCUT2D eigenvalue weighted by molar-refractivity contribution is -0.667. The van der Waals surface area contributed by atoms with Crippen molar-refractivity contribution in [2.75, 3.05) is 18.8 Å². The summed E-state index contributed by atoms with van der Waals surface area (Å²) in [7, 11) is 0. The third-order valence-corrected chi connectivity index (χ3v) is 8.17. The lowest BCUT2D eigenvalue weighted by Crippen LogP contribution is -2.88. The van der Waals surface area contributed by atoms with Gasteiger partial charge in [0.25, 0.3) is 0 Å². The number of carbonyl (C=O) groups is 4. The van der Waals surface area contributed by atoms with Crippen molar-refractivity contribution in [2.24, 2.45) is 11.8 Å². The Labute approximate surface area is 195 Å². The summed E-state index contributed by atoms with van der Waals surface area (Å²) in [6, 6.07) is 7.26. The standard InChI is InChI=1S/C16H15NO3S.C8H12O4/c18-12-10-3-1-2-4-11(10)14-15(13(12)19)21-9-16(20-14)5-7-17-8-6-16;9-7(10)5-3-1-2-4-6(5)8(11)12/h1-4,17H,5-9H2;5-6H,1-4H2,(H,9,10)(H,11,12)/p+1/t;5-,6+. The second-order valence-electron chi connectivity index (χ2n) is 8.98. The van der Waals surface area contributed by atoms with Crippen molar-refractivity contribution in [1.82, 2.24) is 0 Å². The van der Waals surface area contributed by atoms with Crippen molar-refractivity contribution in [3.8, 4) is 0 Å². The summed E-state index contributed by atoms with van der Waals surface area (Å²) < 4.78 is 6.33. The molecule has 2 aliphatic heterocycles. The van der Waals surface area contributed by atoms with Crippen LogP contribution in [0.5, 0.6) is 0 Å². The second-order valence-corrected chi connectivity index (χ2v) is 9.96. The molecule has 4 N–H and O–H groups in total. The number of carboxylic acid groups (broad SMARTS) is 2. The van der Waals surface area contributed by atoms with Crippen LogP contribution in [0.25, 0.3) is 5.76 Å². The van der Waals surface area contributed by atoms with Crippen molar-refractivity contribution < 1.29 is 39.4 Å². The van der Waals surface area contributed by atoms with Gasteiger partial charge in [0.1, 0.15) is 16.3 Å². The smallest absolute Gasteiger partial charge is 0.307 e. The number of piperidine rings is 1. The van der Waals surface area contributed by atoms with E-state index in [2.05, 4.69) is 5.32 Å². The van der Waals surface area contributed by atoms with Gasteiger partial charge in [0.05, 0.1) is 24.9 Å². The van der Waals surface area contributed by atoms with Gasteiger partial charge in [-0.15, -0.1) is 11.8 Å². The van der Waals surface area contributed by atoms with Crippen LogP contribution >= 0.6 is 11.8 Å². The Kier molecular flexibility index (Phi) is 6.90. The fourth-order valence-electron chi connectivity index (χ4n) is 4.98. The Bertz CT molecular complexity index is 990. The number of quaternary nitrogens is 1. The largest absolute Gasteiger partial charge is 0.484 e. The fourth-order valence-corrected chi connectivity index (χ4v) is 6.24. The van der Waals surface area contributed by atoms with E-state index >= 15 is 0 Å². The van der Waals surface area contributed by atoms with Crippen molar-refractivity contribution >= 4 is 41.0 Å². The molecule has 9 heteroatoms. The first-order valence-electron chi connectivity index (χ1n) is 11.3. The van der Waals surface area contributed by atoms with Crippen LogP contribution in [0.1, 0.15) is 54.4 Å². The van der Waals surface area contributed by atoms with Crippen LogP contribution in [0.4, 0.5) is 0 Å². The first kappa shape index (κ1) is 23.5. The maximum absolute atomic E-state index is 12.3. The molecule has 1 saturated carbocycles. The Morgan fingerprint density at radius 1 is 0.939 bits per heavy atom. The minimum absolute atomic E-state index is 0.175. The SMILES string of the molecule is O=C(O)[C@H]1CCCC[C@H]1C(=O)O.O=C1C(=O)c2ccccc2C2=C1SCC1(CC[NH2+]CC1)O2. The zero-order valence-corrected chi connectivity index (χ0v) is 19.1. The summed E-state index contributed by atoms with van der Waals surface area (Å²) >= 11 is 1.50. The average Bonchev–Trinajstić information content (AvgIpc) is 2.83. The lowest BCUT2D eigenvalue weighted by Gasteiger charge is -2.41. The summed E-state index contributed by atoms with van der Waals surface area (Å²) in [6.07, 6.45) is 4.66. The third kappa shape index (κ3) is 4.70. The van der Waals surface area contributed by atoms with Gasteiger partial charge >= 0.3 is 11.9 Å². The van der Waals surface area contributed by atoms with Gasteiger partial charge in [-0.2, -0.15) is 0 Å². The normalized spacial score (nSPS) is 25.8. The van der Waals surface area contributed by atoms with Crippen LogP contribution in [0.2, 0.25) is 0 Å². The Morgan fingerprint density at radius 3 is 2.09 bits per heavy atom. The molecule has 1 spiro atoms. The first-order valence-corrected chi connectivity index (χ1v) is 12.3. The van der Waals surface area contributed by atoms with Gasteiger partial charge in [-0.25, -0.2) is 0 Å². The Morgan fingerprint density at radius 2 is 1.52 bits per heavy atom. The minimum Gasteiger partial charge on any atom is -0.484 e. The molecule has 0 amide bonds. The van der Waals surface area contributed by atoms with Crippen molar-refractivity contribution in [1.29, 1.82) is 0 Å². The highest BCUT2D eigenvalue weighted by molar-refractivity contribution is 8.04. The van der Waals surface area contributed by atoms with Gasteiger partial charge < -0.3 is 20.3 Å². The van der Waals surface area contributed by atoms with Crippen LogP contribution in [0.15, 0.2) is 29.2 Å². The molecule has 1 aromatic rings. The average molecular weight is 475 g/mol. The van der Waals surface area contributed by atoms with E-state index < -0.39 is 35.3 Å². The van der Waals surface area contributed by atoms with E-state index in [1.165, 1.54) is 11.8 Å². The predicted octanol–water partition coefficient (Wildman–Crippen LogP) is 1.94. The summed E-state index contributed by atoms with van der Waals surface area (Å²) in [5.41, 5.74) is 1.07. The number of benzene rings is 1. The van der Waals surface area contributed by atoms with Gasteiger partial charge in [0.15, 0.2) is 0 Å². The molecule has 2 heterocycles. The molecule has 8 nitrogen and oxygen atoms in total. The number of carbonyl (C=O) groups excluding carboxylic acids is 2. The second kappa shape index (κ2) is 9.69. The molecule has 2 aliphatic carbocycles. The molecule has 5 rings (SSSR count). The van der Waals surface area contributed by atoms with E-state index in [9.17, 15) is 19.2 Å². The Balaban J connectivity index is 0.000000185. The summed E-state index contributed by atoms with van der Waals surface area (Å²) in [6.45, 7) is 2.11. The van der Waals surface area contributed by atoms with Crippen LogP contribution in [-0.4, -0.2) is 58.2 Å². The van der Waals surface area contributed by atoms with Gasteiger partial charge in [-0.1, -0.05) is 37.1 Å². The number of fused-ring (bicyclic) bond motifs is 2. The highest BCUT2D eigenvalue weighted by atomic mass is 32.2. The number of thioether (sulfide) groups is 1. The number of nitrogens with two attached hydrogens (primary N) is 1. The number of Topliss-reactive ketones (excluding diaryl/α,β-unsaturated/α-hetero) is 2. The third-order valence-electron chi connectivity index (χ3n) is 6.84. The van der Waals surface area contributed by atoms with Crippen LogP contribution < -0.4 is 5.32 Å². The fraction of sp³-hybridized carbons (Fsp3) is 0.500. The molecular weight excluding hydrogens is 446 g/mol. The van der Waals surface area contributed by atoms with Gasteiger partial charge in [-0.3, -0.25) is 19.2 Å². The molecule has 1 aromatic carbocycles. The number of carboxylic acids is 2. The Hall–Kier alpha value is -2.65. The highest BCUT2D eigenvalue weighted by Gasteiger charge is 2.45. The quantitative estimate of drug-likeness (QED) is 0.554.